The SMILES string of the molecule is CCC(C)Oc1ccc(C(=O)Nc2ccc(OCCOC)cc2)cc1. The van der Waals surface area contributed by atoms with Gasteiger partial charge in [-0.2, -0.15) is 0 Å². The van der Waals surface area contributed by atoms with Crippen LogP contribution in [0.25, 0.3) is 0 Å². The minimum Gasteiger partial charge on any atom is -0.491 e. The Balaban J connectivity index is 1.90. The Morgan fingerprint density at radius 1 is 1.00 bits per heavy atom. The first-order valence-corrected chi connectivity index (χ1v) is 8.42. The lowest BCUT2D eigenvalue weighted by Crippen LogP contribution is -2.12. The normalized spacial score (nSPS) is 11.6. The number of rotatable bonds is 9. The molecule has 1 amide bonds. The molecular weight excluding hydrogens is 318 g/mol. The van der Waals surface area contributed by atoms with Gasteiger partial charge in [-0.25, -0.2) is 0 Å². The molecule has 5 nitrogen and oxygen atoms in total. The van der Waals surface area contributed by atoms with Crippen molar-refractivity contribution >= 4 is 11.6 Å². The Bertz CT molecular complexity index is 652. The summed E-state index contributed by atoms with van der Waals surface area (Å²) in [5.74, 6) is 1.34. The minimum absolute atomic E-state index is 0.157. The van der Waals surface area contributed by atoms with Crippen LogP contribution in [0.2, 0.25) is 0 Å². The molecule has 0 spiro atoms. The lowest BCUT2D eigenvalue weighted by atomic mass is 10.2. The Labute approximate surface area is 148 Å². The van der Waals surface area contributed by atoms with Crippen LogP contribution in [0.5, 0.6) is 11.5 Å². The average Bonchev–Trinajstić information content (AvgIpc) is 2.64. The number of nitrogens with one attached hydrogen (secondary N) is 1. The molecule has 0 saturated heterocycles. The summed E-state index contributed by atoms with van der Waals surface area (Å²) in [7, 11) is 1.63. The van der Waals surface area contributed by atoms with Gasteiger partial charge in [0.15, 0.2) is 0 Å². The predicted molar refractivity (Wildman–Crippen MR) is 98.6 cm³/mol. The number of benzene rings is 2. The Morgan fingerprint density at radius 3 is 2.24 bits per heavy atom. The summed E-state index contributed by atoms with van der Waals surface area (Å²) < 4.78 is 16.1. The number of anilines is 1. The van der Waals surface area contributed by atoms with Crippen LogP contribution in [-0.2, 0) is 4.74 Å². The zero-order valence-electron chi connectivity index (χ0n) is 15.0. The van der Waals surface area contributed by atoms with E-state index in [-0.39, 0.29) is 12.0 Å². The maximum Gasteiger partial charge on any atom is 0.255 e. The predicted octanol–water partition coefficient (Wildman–Crippen LogP) is 4.14. The molecular formula is C20H25NO4. The molecule has 0 aliphatic carbocycles. The third-order valence-electron chi connectivity index (χ3n) is 3.70. The van der Waals surface area contributed by atoms with E-state index in [1.165, 1.54) is 0 Å². The van der Waals surface area contributed by atoms with Gasteiger partial charge in [0.25, 0.3) is 5.91 Å². The van der Waals surface area contributed by atoms with E-state index in [2.05, 4.69) is 12.2 Å². The van der Waals surface area contributed by atoms with Gasteiger partial charge in [0.05, 0.1) is 12.7 Å². The Kier molecular flexibility index (Phi) is 7.29. The number of carbonyl (C=O) groups excluding carboxylic acids is 1. The number of carbonyl (C=O) groups is 1. The fourth-order valence-electron chi connectivity index (χ4n) is 2.08. The summed E-state index contributed by atoms with van der Waals surface area (Å²) >= 11 is 0. The molecule has 0 radical (unpaired) electrons. The van der Waals surface area contributed by atoms with Gasteiger partial charge >= 0.3 is 0 Å². The first-order valence-electron chi connectivity index (χ1n) is 8.42. The lowest BCUT2D eigenvalue weighted by Gasteiger charge is -2.13. The molecule has 2 aromatic rings. The first kappa shape index (κ1) is 18.8. The van der Waals surface area contributed by atoms with Crippen LogP contribution < -0.4 is 14.8 Å². The third kappa shape index (κ3) is 6.12. The maximum atomic E-state index is 12.3. The molecule has 5 heteroatoms. The highest BCUT2D eigenvalue weighted by Gasteiger charge is 2.07. The van der Waals surface area contributed by atoms with Crippen molar-refractivity contribution in [3.63, 3.8) is 0 Å². The summed E-state index contributed by atoms with van der Waals surface area (Å²) in [4.78, 5) is 12.3. The van der Waals surface area contributed by atoms with Gasteiger partial charge in [0.1, 0.15) is 18.1 Å². The number of hydrogen-bond donors (Lipinski definition) is 1. The van der Waals surface area contributed by atoms with Crippen LogP contribution in [0.4, 0.5) is 5.69 Å². The molecule has 25 heavy (non-hydrogen) atoms. The number of hydrogen-bond acceptors (Lipinski definition) is 4. The smallest absolute Gasteiger partial charge is 0.255 e. The lowest BCUT2D eigenvalue weighted by molar-refractivity contribution is 0.102. The summed E-state index contributed by atoms with van der Waals surface area (Å²) in [6.45, 7) is 5.12. The van der Waals surface area contributed by atoms with Gasteiger partial charge in [-0.05, 0) is 61.9 Å². The van der Waals surface area contributed by atoms with E-state index in [9.17, 15) is 4.79 Å². The van der Waals surface area contributed by atoms with Crippen molar-refractivity contribution in [2.45, 2.75) is 26.4 Å². The van der Waals surface area contributed by atoms with Gasteiger partial charge < -0.3 is 19.5 Å². The van der Waals surface area contributed by atoms with Gasteiger partial charge in [-0.15, -0.1) is 0 Å². The van der Waals surface area contributed by atoms with Crippen LogP contribution in [0.3, 0.4) is 0 Å². The topological polar surface area (TPSA) is 56.8 Å². The molecule has 2 aromatic carbocycles. The molecule has 2 rings (SSSR count). The largest absolute Gasteiger partial charge is 0.491 e. The standard InChI is InChI=1S/C20H25NO4/c1-4-15(2)25-19-9-5-16(6-10-19)20(22)21-17-7-11-18(12-8-17)24-14-13-23-3/h5-12,15H,4,13-14H2,1-3H3,(H,21,22). The monoisotopic (exact) mass is 343 g/mol. The van der Waals surface area contributed by atoms with E-state index in [1.54, 1.807) is 31.4 Å². The molecule has 134 valence electrons. The Morgan fingerprint density at radius 2 is 1.64 bits per heavy atom. The summed E-state index contributed by atoms with van der Waals surface area (Å²) in [6.07, 6.45) is 1.09. The molecule has 1 N–H and O–H groups in total. The second kappa shape index (κ2) is 9.69. The first-order chi connectivity index (χ1) is 12.1. The van der Waals surface area contributed by atoms with Gasteiger partial charge in [0.2, 0.25) is 0 Å². The molecule has 0 heterocycles. The highest BCUT2D eigenvalue weighted by Crippen LogP contribution is 2.18. The zero-order chi connectivity index (χ0) is 18.1. The van der Waals surface area contributed by atoms with Crippen molar-refractivity contribution in [2.75, 3.05) is 25.6 Å². The van der Waals surface area contributed by atoms with Crippen LogP contribution in [0.1, 0.15) is 30.6 Å². The maximum absolute atomic E-state index is 12.3. The summed E-state index contributed by atoms with van der Waals surface area (Å²) in [5.41, 5.74) is 1.29. The van der Waals surface area contributed by atoms with Crippen molar-refractivity contribution in [1.82, 2.24) is 0 Å². The molecule has 0 fully saturated rings. The molecule has 0 aliphatic heterocycles. The molecule has 0 saturated carbocycles. The molecule has 0 aliphatic rings. The molecule has 1 atom stereocenters. The van der Waals surface area contributed by atoms with E-state index < -0.39 is 0 Å². The van der Waals surface area contributed by atoms with Crippen molar-refractivity contribution in [3.05, 3.63) is 54.1 Å². The van der Waals surface area contributed by atoms with Crippen LogP contribution in [0, 0.1) is 0 Å². The van der Waals surface area contributed by atoms with Crippen molar-refractivity contribution in [3.8, 4) is 11.5 Å². The van der Waals surface area contributed by atoms with E-state index >= 15 is 0 Å². The van der Waals surface area contributed by atoms with E-state index in [0.717, 1.165) is 17.9 Å². The van der Waals surface area contributed by atoms with Gasteiger partial charge in [-0.1, -0.05) is 6.92 Å². The average molecular weight is 343 g/mol. The highest BCUT2D eigenvalue weighted by molar-refractivity contribution is 6.04. The second-order valence-electron chi connectivity index (χ2n) is 5.68. The molecule has 1 unspecified atom stereocenters. The summed E-state index contributed by atoms with van der Waals surface area (Å²) in [6, 6.07) is 14.4. The minimum atomic E-state index is -0.164. The van der Waals surface area contributed by atoms with Gasteiger partial charge in [-0.3, -0.25) is 4.79 Å². The number of amides is 1. The van der Waals surface area contributed by atoms with Crippen LogP contribution in [-0.4, -0.2) is 32.3 Å². The fraction of sp³-hybridized carbons (Fsp3) is 0.350. The van der Waals surface area contributed by atoms with Crippen molar-refractivity contribution in [2.24, 2.45) is 0 Å². The van der Waals surface area contributed by atoms with Crippen molar-refractivity contribution in [1.29, 1.82) is 0 Å². The van der Waals surface area contributed by atoms with E-state index in [4.69, 9.17) is 14.2 Å². The highest BCUT2D eigenvalue weighted by atomic mass is 16.5. The van der Waals surface area contributed by atoms with E-state index in [1.807, 2.05) is 31.2 Å². The Hall–Kier alpha value is -2.53. The number of methoxy groups -OCH3 is 1. The fourth-order valence-corrected chi connectivity index (χ4v) is 2.08. The third-order valence-corrected chi connectivity index (χ3v) is 3.70. The zero-order valence-corrected chi connectivity index (χ0v) is 15.0. The molecule has 0 bridgehead atoms. The van der Waals surface area contributed by atoms with Crippen LogP contribution in [0.15, 0.2) is 48.5 Å². The molecule has 0 aromatic heterocycles. The summed E-state index contributed by atoms with van der Waals surface area (Å²) in [5, 5.41) is 2.86. The van der Waals surface area contributed by atoms with Gasteiger partial charge in [0, 0.05) is 18.4 Å². The quantitative estimate of drug-likeness (QED) is 0.695. The van der Waals surface area contributed by atoms with Crippen molar-refractivity contribution < 1.29 is 19.0 Å². The second-order valence-corrected chi connectivity index (χ2v) is 5.68. The van der Waals surface area contributed by atoms with Crippen LogP contribution >= 0.6 is 0 Å². The van der Waals surface area contributed by atoms with E-state index in [0.29, 0.717) is 24.5 Å². The number of ether oxygens (including phenoxy) is 3.